The van der Waals surface area contributed by atoms with E-state index in [2.05, 4.69) is 10.6 Å². The molecule has 0 aromatic heterocycles. The van der Waals surface area contributed by atoms with Crippen LogP contribution in [-0.4, -0.2) is 36.1 Å². The summed E-state index contributed by atoms with van der Waals surface area (Å²) in [6, 6.07) is 6.61. The molecule has 0 aliphatic heterocycles. The van der Waals surface area contributed by atoms with Crippen LogP contribution >= 0.6 is 11.6 Å². The maximum Gasteiger partial charge on any atom is 0.253 e. The monoisotopic (exact) mass is 298 g/mol. The standard InChI is InChI=1S/C14H19ClN2O3/c1-2-5-10(18)8-16-13(19)9-17-14(20)11-6-3-4-7-12(11)15/h3-4,6-7,10,18H,2,5,8-9H2,1H3,(H,16,19)(H,17,20). The highest BCUT2D eigenvalue weighted by Crippen LogP contribution is 2.14. The maximum absolute atomic E-state index is 11.8. The van der Waals surface area contributed by atoms with E-state index in [1.165, 1.54) is 0 Å². The van der Waals surface area contributed by atoms with Gasteiger partial charge in [0.2, 0.25) is 5.91 Å². The van der Waals surface area contributed by atoms with E-state index < -0.39 is 12.0 Å². The quantitative estimate of drug-likeness (QED) is 0.711. The third-order valence-corrected chi connectivity index (χ3v) is 3.01. The number of aliphatic hydroxyl groups is 1. The Hall–Kier alpha value is -1.59. The van der Waals surface area contributed by atoms with Gasteiger partial charge in [-0.2, -0.15) is 0 Å². The molecule has 1 aromatic carbocycles. The van der Waals surface area contributed by atoms with Gasteiger partial charge in [0, 0.05) is 6.54 Å². The average Bonchev–Trinajstić information content (AvgIpc) is 2.43. The molecule has 1 rings (SSSR count). The topological polar surface area (TPSA) is 78.4 Å². The van der Waals surface area contributed by atoms with Crippen LogP contribution in [0, 0.1) is 0 Å². The number of carbonyl (C=O) groups excluding carboxylic acids is 2. The van der Waals surface area contributed by atoms with E-state index in [-0.39, 0.29) is 19.0 Å². The van der Waals surface area contributed by atoms with Gasteiger partial charge < -0.3 is 15.7 Å². The van der Waals surface area contributed by atoms with Crippen molar-refractivity contribution in [3.05, 3.63) is 34.9 Å². The SMILES string of the molecule is CCCC(O)CNC(=O)CNC(=O)c1ccccc1Cl. The van der Waals surface area contributed by atoms with Crippen LogP contribution in [0.4, 0.5) is 0 Å². The fourth-order valence-corrected chi connectivity index (χ4v) is 1.85. The Labute approximate surface area is 123 Å². The van der Waals surface area contributed by atoms with Crippen molar-refractivity contribution < 1.29 is 14.7 Å². The second-order valence-electron chi connectivity index (χ2n) is 4.41. The predicted molar refractivity (Wildman–Crippen MR) is 77.7 cm³/mol. The number of rotatable bonds is 7. The molecule has 6 heteroatoms. The molecule has 5 nitrogen and oxygen atoms in total. The summed E-state index contributed by atoms with van der Waals surface area (Å²) in [5.74, 6) is -0.750. The Kier molecular flexibility index (Phi) is 7.04. The van der Waals surface area contributed by atoms with Gasteiger partial charge in [0.25, 0.3) is 5.91 Å². The van der Waals surface area contributed by atoms with Crippen molar-refractivity contribution in [3.63, 3.8) is 0 Å². The van der Waals surface area contributed by atoms with Crippen molar-refractivity contribution >= 4 is 23.4 Å². The van der Waals surface area contributed by atoms with E-state index >= 15 is 0 Å². The summed E-state index contributed by atoms with van der Waals surface area (Å²) in [6.07, 6.45) is 0.926. The number of amides is 2. The minimum atomic E-state index is -0.553. The molecule has 1 atom stereocenters. The van der Waals surface area contributed by atoms with Crippen molar-refractivity contribution in [2.45, 2.75) is 25.9 Å². The summed E-state index contributed by atoms with van der Waals surface area (Å²) in [6.45, 7) is 1.99. The van der Waals surface area contributed by atoms with Crippen molar-refractivity contribution in [2.24, 2.45) is 0 Å². The summed E-state index contributed by atoms with van der Waals surface area (Å²) >= 11 is 5.88. The van der Waals surface area contributed by atoms with Crippen LogP contribution in [0.2, 0.25) is 5.02 Å². The van der Waals surface area contributed by atoms with Crippen LogP contribution in [0.5, 0.6) is 0 Å². The number of nitrogens with one attached hydrogen (secondary N) is 2. The first kappa shape index (κ1) is 16.5. The molecule has 0 heterocycles. The summed E-state index contributed by atoms with van der Waals surface area (Å²) in [5.41, 5.74) is 0.327. The molecule has 0 aliphatic carbocycles. The van der Waals surface area contributed by atoms with Gasteiger partial charge in [-0.05, 0) is 18.6 Å². The fraction of sp³-hybridized carbons (Fsp3) is 0.429. The first-order chi connectivity index (χ1) is 9.54. The normalized spacial score (nSPS) is 11.8. The highest BCUT2D eigenvalue weighted by atomic mass is 35.5. The smallest absolute Gasteiger partial charge is 0.253 e. The van der Waals surface area contributed by atoms with E-state index in [1.807, 2.05) is 6.92 Å². The molecule has 110 valence electrons. The van der Waals surface area contributed by atoms with Crippen LogP contribution in [0.1, 0.15) is 30.1 Å². The molecule has 0 radical (unpaired) electrons. The Balaban J connectivity index is 2.34. The zero-order chi connectivity index (χ0) is 15.0. The van der Waals surface area contributed by atoms with Gasteiger partial charge in [-0.1, -0.05) is 37.1 Å². The largest absolute Gasteiger partial charge is 0.391 e. The van der Waals surface area contributed by atoms with Crippen LogP contribution in [0.15, 0.2) is 24.3 Å². The first-order valence-corrected chi connectivity index (χ1v) is 6.90. The third kappa shape index (κ3) is 5.59. The molecule has 0 saturated heterocycles. The predicted octanol–water partition coefficient (Wildman–Crippen LogP) is 1.35. The second kappa shape index (κ2) is 8.55. The van der Waals surface area contributed by atoms with E-state index in [9.17, 15) is 14.7 Å². The number of benzene rings is 1. The van der Waals surface area contributed by atoms with Crippen molar-refractivity contribution in [1.29, 1.82) is 0 Å². The van der Waals surface area contributed by atoms with Crippen LogP contribution < -0.4 is 10.6 Å². The molecule has 3 N–H and O–H groups in total. The maximum atomic E-state index is 11.8. The summed E-state index contributed by atoms with van der Waals surface area (Å²) in [4.78, 5) is 23.3. The van der Waals surface area contributed by atoms with Crippen molar-refractivity contribution in [2.75, 3.05) is 13.1 Å². The van der Waals surface area contributed by atoms with E-state index in [0.717, 1.165) is 6.42 Å². The second-order valence-corrected chi connectivity index (χ2v) is 4.82. The van der Waals surface area contributed by atoms with Gasteiger partial charge in [-0.25, -0.2) is 0 Å². The average molecular weight is 299 g/mol. The fourth-order valence-electron chi connectivity index (χ4n) is 1.63. The number of carbonyl (C=O) groups is 2. The van der Waals surface area contributed by atoms with E-state index in [1.54, 1.807) is 24.3 Å². The van der Waals surface area contributed by atoms with Crippen LogP contribution in [0.3, 0.4) is 0 Å². The Morgan fingerprint density at radius 2 is 2.00 bits per heavy atom. The van der Waals surface area contributed by atoms with Crippen molar-refractivity contribution in [3.8, 4) is 0 Å². The lowest BCUT2D eigenvalue weighted by Crippen LogP contribution is -2.40. The molecule has 20 heavy (non-hydrogen) atoms. The number of hydrogen-bond acceptors (Lipinski definition) is 3. The highest BCUT2D eigenvalue weighted by molar-refractivity contribution is 6.33. The lowest BCUT2D eigenvalue weighted by atomic mass is 10.2. The van der Waals surface area contributed by atoms with Crippen LogP contribution in [0.25, 0.3) is 0 Å². The number of hydrogen-bond donors (Lipinski definition) is 3. The van der Waals surface area contributed by atoms with Gasteiger partial charge in [0.05, 0.1) is 23.2 Å². The third-order valence-electron chi connectivity index (χ3n) is 2.68. The zero-order valence-electron chi connectivity index (χ0n) is 11.4. The summed E-state index contributed by atoms with van der Waals surface area (Å²) < 4.78 is 0. The minimum absolute atomic E-state index is 0.150. The minimum Gasteiger partial charge on any atom is -0.391 e. The molecular weight excluding hydrogens is 280 g/mol. The molecule has 1 aromatic rings. The highest BCUT2D eigenvalue weighted by Gasteiger charge is 2.11. The molecule has 2 amide bonds. The van der Waals surface area contributed by atoms with Gasteiger partial charge in [-0.3, -0.25) is 9.59 Å². The lowest BCUT2D eigenvalue weighted by Gasteiger charge is -2.11. The molecule has 0 aliphatic rings. The molecule has 0 bridgehead atoms. The Bertz CT molecular complexity index is 465. The molecule has 0 fully saturated rings. The molecule has 0 saturated carbocycles. The van der Waals surface area contributed by atoms with Gasteiger partial charge in [-0.15, -0.1) is 0 Å². The number of halogens is 1. The van der Waals surface area contributed by atoms with Gasteiger partial charge in [0.15, 0.2) is 0 Å². The summed E-state index contributed by atoms with van der Waals surface area (Å²) in [5, 5.41) is 14.8. The molecular formula is C14H19ClN2O3. The van der Waals surface area contributed by atoms with Crippen LogP contribution in [-0.2, 0) is 4.79 Å². The Morgan fingerprint density at radius 1 is 1.30 bits per heavy atom. The molecule has 1 unspecified atom stereocenters. The lowest BCUT2D eigenvalue weighted by molar-refractivity contribution is -0.120. The Morgan fingerprint density at radius 3 is 2.65 bits per heavy atom. The van der Waals surface area contributed by atoms with E-state index in [4.69, 9.17) is 11.6 Å². The van der Waals surface area contributed by atoms with Crippen molar-refractivity contribution in [1.82, 2.24) is 10.6 Å². The zero-order valence-corrected chi connectivity index (χ0v) is 12.1. The molecule has 0 spiro atoms. The summed E-state index contributed by atoms with van der Waals surface area (Å²) in [7, 11) is 0. The first-order valence-electron chi connectivity index (χ1n) is 6.52. The number of aliphatic hydroxyl groups excluding tert-OH is 1. The van der Waals surface area contributed by atoms with Gasteiger partial charge >= 0.3 is 0 Å². The van der Waals surface area contributed by atoms with E-state index in [0.29, 0.717) is 17.0 Å². The van der Waals surface area contributed by atoms with Gasteiger partial charge in [0.1, 0.15) is 0 Å².